The molecule has 1 aliphatic carbocycles. The molecule has 0 unspecified atom stereocenters. The van der Waals surface area contributed by atoms with Crippen LogP contribution in [0.3, 0.4) is 0 Å². The number of aryl methyl sites for hydroxylation is 1. The van der Waals surface area contributed by atoms with Gasteiger partial charge >= 0.3 is 6.03 Å². The number of hydrogen-bond donors (Lipinski definition) is 3. The second-order valence-electron chi connectivity index (χ2n) is 5.64. The summed E-state index contributed by atoms with van der Waals surface area (Å²) in [6.07, 6.45) is 6.30. The summed E-state index contributed by atoms with van der Waals surface area (Å²) in [5, 5.41) is 10.6. The van der Waals surface area contributed by atoms with Crippen LogP contribution in [-0.2, 0) is 6.42 Å². The van der Waals surface area contributed by atoms with E-state index in [-0.39, 0.29) is 18.0 Å². The molecule has 1 aliphatic rings. The number of urea groups is 1. The summed E-state index contributed by atoms with van der Waals surface area (Å²) in [6.45, 7) is 0.747. The highest BCUT2D eigenvalue weighted by atomic mass is 32.1. The average molecular weight is 344 g/mol. The fraction of sp³-hybridized carbons (Fsp3) is 0.353. The minimum atomic E-state index is -0.199. The Morgan fingerprint density at radius 3 is 2.96 bits per heavy atom. The number of aromatic nitrogens is 1. The first kappa shape index (κ1) is 16.4. The van der Waals surface area contributed by atoms with Gasteiger partial charge in [0.1, 0.15) is 0 Å². The predicted molar refractivity (Wildman–Crippen MR) is 93.1 cm³/mol. The molecule has 24 heavy (non-hydrogen) atoms. The molecule has 1 atom stereocenters. The van der Waals surface area contributed by atoms with Gasteiger partial charge < -0.3 is 16.0 Å². The zero-order valence-electron chi connectivity index (χ0n) is 13.2. The maximum absolute atomic E-state index is 12.0. The van der Waals surface area contributed by atoms with Crippen LogP contribution in [0.2, 0.25) is 0 Å². The van der Waals surface area contributed by atoms with Gasteiger partial charge in [-0.3, -0.25) is 9.78 Å². The van der Waals surface area contributed by atoms with Crippen molar-refractivity contribution in [2.24, 2.45) is 0 Å². The third-order valence-electron chi connectivity index (χ3n) is 3.98. The van der Waals surface area contributed by atoms with Gasteiger partial charge in [0.15, 0.2) is 0 Å². The molecular weight excluding hydrogens is 324 g/mol. The van der Waals surface area contributed by atoms with Crippen molar-refractivity contribution in [3.8, 4) is 0 Å². The Morgan fingerprint density at radius 2 is 2.12 bits per heavy atom. The van der Waals surface area contributed by atoms with Crippen molar-refractivity contribution in [3.05, 3.63) is 52.0 Å². The maximum atomic E-state index is 12.0. The molecule has 2 aromatic rings. The van der Waals surface area contributed by atoms with Crippen LogP contribution in [0.15, 0.2) is 36.0 Å². The van der Waals surface area contributed by atoms with Crippen LogP contribution in [-0.4, -0.2) is 30.0 Å². The van der Waals surface area contributed by atoms with Crippen LogP contribution in [0.1, 0.15) is 39.7 Å². The molecule has 7 heteroatoms. The third kappa shape index (κ3) is 4.11. The lowest BCUT2D eigenvalue weighted by atomic mass is 9.94. The summed E-state index contributed by atoms with van der Waals surface area (Å²) in [7, 11) is 0. The smallest absolute Gasteiger partial charge is 0.315 e. The number of carbonyl (C=O) groups excluding carboxylic acids is 2. The van der Waals surface area contributed by atoms with Gasteiger partial charge in [-0.15, -0.1) is 11.3 Å². The van der Waals surface area contributed by atoms with Crippen molar-refractivity contribution in [1.82, 2.24) is 20.9 Å². The molecule has 0 spiro atoms. The van der Waals surface area contributed by atoms with Crippen LogP contribution in [0.4, 0.5) is 4.79 Å². The van der Waals surface area contributed by atoms with E-state index < -0.39 is 0 Å². The monoisotopic (exact) mass is 344 g/mol. The molecule has 2 aromatic heterocycles. The van der Waals surface area contributed by atoms with E-state index >= 15 is 0 Å². The number of carbonyl (C=O) groups is 2. The van der Waals surface area contributed by atoms with Crippen molar-refractivity contribution in [3.63, 3.8) is 0 Å². The fourth-order valence-corrected chi connectivity index (χ4v) is 3.78. The van der Waals surface area contributed by atoms with Gasteiger partial charge in [0.05, 0.1) is 11.6 Å². The van der Waals surface area contributed by atoms with E-state index in [2.05, 4.69) is 32.4 Å². The molecule has 126 valence electrons. The van der Waals surface area contributed by atoms with E-state index in [1.165, 1.54) is 16.6 Å². The fourth-order valence-electron chi connectivity index (χ4n) is 2.80. The van der Waals surface area contributed by atoms with Crippen molar-refractivity contribution < 1.29 is 9.59 Å². The highest BCUT2D eigenvalue weighted by Gasteiger charge is 2.22. The third-order valence-corrected chi connectivity index (χ3v) is 4.97. The maximum Gasteiger partial charge on any atom is 0.315 e. The molecule has 2 heterocycles. The van der Waals surface area contributed by atoms with E-state index in [1.54, 1.807) is 29.7 Å². The normalized spacial score (nSPS) is 16.1. The van der Waals surface area contributed by atoms with Crippen molar-refractivity contribution in [2.75, 3.05) is 13.1 Å². The summed E-state index contributed by atoms with van der Waals surface area (Å²) in [5.74, 6) is -0.194. The van der Waals surface area contributed by atoms with Gasteiger partial charge in [-0.25, -0.2) is 4.79 Å². The quantitative estimate of drug-likeness (QED) is 0.728. The first-order chi connectivity index (χ1) is 11.7. The number of nitrogens with one attached hydrogen (secondary N) is 3. The standard InChI is InChI=1S/C17H20N4O2S/c22-16(12-3-2-7-18-11-12)19-8-9-20-17(23)21-14-4-1-5-15-13(14)6-10-24-15/h2-3,6-7,10-11,14H,1,4-5,8-9H2,(H,19,22)(H2,20,21,23)/t14-/m1/s1. The first-order valence-corrected chi connectivity index (χ1v) is 8.91. The van der Waals surface area contributed by atoms with Gasteiger partial charge in [-0.05, 0) is 48.4 Å². The summed E-state index contributed by atoms with van der Waals surface area (Å²) < 4.78 is 0. The Labute approximate surface area is 144 Å². The van der Waals surface area contributed by atoms with Gasteiger partial charge in [0.25, 0.3) is 5.91 Å². The lowest BCUT2D eigenvalue weighted by Gasteiger charge is -2.23. The van der Waals surface area contributed by atoms with Crippen LogP contribution in [0.25, 0.3) is 0 Å². The molecule has 0 saturated heterocycles. The Balaban J connectivity index is 1.39. The Kier molecular flexibility index (Phi) is 5.43. The lowest BCUT2D eigenvalue weighted by Crippen LogP contribution is -2.42. The number of thiophene rings is 1. The topological polar surface area (TPSA) is 83.1 Å². The highest BCUT2D eigenvalue weighted by molar-refractivity contribution is 7.10. The molecule has 0 fully saturated rings. The summed E-state index contributed by atoms with van der Waals surface area (Å²) >= 11 is 1.75. The van der Waals surface area contributed by atoms with Gasteiger partial charge in [0.2, 0.25) is 0 Å². The van der Waals surface area contributed by atoms with E-state index in [0.717, 1.165) is 19.3 Å². The van der Waals surface area contributed by atoms with Gasteiger partial charge in [-0.1, -0.05) is 0 Å². The Hall–Kier alpha value is -2.41. The highest BCUT2D eigenvalue weighted by Crippen LogP contribution is 2.33. The molecule has 0 radical (unpaired) electrons. The van der Waals surface area contributed by atoms with Crippen molar-refractivity contribution in [1.29, 1.82) is 0 Å². The minimum Gasteiger partial charge on any atom is -0.350 e. The summed E-state index contributed by atoms with van der Waals surface area (Å²) in [5.41, 5.74) is 1.75. The van der Waals surface area contributed by atoms with Crippen LogP contribution in [0.5, 0.6) is 0 Å². The molecule has 0 bridgehead atoms. The van der Waals surface area contributed by atoms with E-state index in [1.807, 2.05) is 0 Å². The van der Waals surface area contributed by atoms with Gasteiger partial charge in [0, 0.05) is 30.4 Å². The molecular formula is C17H20N4O2S. The predicted octanol–water partition coefficient (Wildman–Crippen LogP) is 2.25. The average Bonchev–Trinajstić information content (AvgIpc) is 3.09. The molecule has 0 aromatic carbocycles. The largest absolute Gasteiger partial charge is 0.350 e. The van der Waals surface area contributed by atoms with Gasteiger partial charge in [-0.2, -0.15) is 0 Å². The van der Waals surface area contributed by atoms with Crippen LogP contribution < -0.4 is 16.0 Å². The van der Waals surface area contributed by atoms with E-state index in [0.29, 0.717) is 18.7 Å². The lowest BCUT2D eigenvalue weighted by molar-refractivity contribution is 0.0953. The summed E-state index contributed by atoms with van der Waals surface area (Å²) in [4.78, 5) is 29.1. The second-order valence-corrected chi connectivity index (χ2v) is 6.64. The molecule has 3 N–H and O–H groups in total. The zero-order chi connectivity index (χ0) is 16.8. The van der Waals surface area contributed by atoms with Crippen LogP contribution >= 0.6 is 11.3 Å². The Bertz CT molecular complexity index is 702. The van der Waals surface area contributed by atoms with Crippen molar-refractivity contribution in [2.45, 2.75) is 25.3 Å². The molecule has 0 aliphatic heterocycles. The van der Waals surface area contributed by atoms with Crippen molar-refractivity contribution >= 4 is 23.3 Å². The minimum absolute atomic E-state index is 0.0879. The number of hydrogen-bond acceptors (Lipinski definition) is 4. The number of rotatable bonds is 5. The number of pyridine rings is 1. The number of nitrogens with zero attached hydrogens (tertiary/aromatic N) is 1. The molecule has 3 amide bonds. The SMILES string of the molecule is O=C(NCCNC(=O)c1cccnc1)N[C@@H]1CCCc2sccc21. The number of fused-ring (bicyclic) bond motifs is 1. The molecule has 0 saturated carbocycles. The zero-order valence-corrected chi connectivity index (χ0v) is 14.1. The Morgan fingerprint density at radius 1 is 1.25 bits per heavy atom. The molecule has 3 rings (SSSR count). The van der Waals surface area contributed by atoms with Crippen LogP contribution in [0, 0.1) is 0 Å². The molecule has 6 nitrogen and oxygen atoms in total. The first-order valence-electron chi connectivity index (χ1n) is 8.03. The van der Waals surface area contributed by atoms with E-state index in [4.69, 9.17) is 0 Å². The summed E-state index contributed by atoms with van der Waals surface area (Å²) in [6, 6.07) is 5.39. The number of amides is 3. The second kappa shape index (κ2) is 7.92. The van der Waals surface area contributed by atoms with E-state index in [9.17, 15) is 9.59 Å².